The number of nitrogens with two attached hydrogens (primary N) is 1. The molecule has 3 N–H and O–H groups in total. The average Bonchev–Trinajstić information content (AvgIpc) is 3.12. The number of hydrogen-bond acceptors (Lipinski definition) is 3. The monoisotopic (exact) mass is 328 g/mol. The van der Waals surface area contributed by atoms with Crippen LogP contribution in [-0.2, 0) is 4.79 Å². The summed E-state index contributed by atoms with van der Waals surface area (Å²) in [5, 5.41) is 2.82. The zero-order valence-electron chi connectivity index (χ0n) is 9.83. The van der Waals surface area contributed by atoms with Crippen LogP contribution >= 0.6 is 28.1 Å². The molecule has 1 aliphatic rings. The first-order valence-electron chi connectivity index (χ1n) is 5.44. The minimum absolute atomic E-state index is 0.139. The maximum atomic E-state index is 12.1. The molecule has 6 heteroatoms. The largest absolute Gasteiger partial charge is 0.495 e. The second-order valence-corrected chi connectivity index (χ2v) is 5.54. The zero-order valence-corrected chi connectivity index (χ0v) is 12.2. The van der Waals surface area contributed by atoms with Crippen molar-refractivity contribution in [2.75, 3.05) is 12.4 Å². The lowest BCUT2D eigenvalue weighted by Crippen LogP contribution is -2.34. The molecule has 0 bridgehead atoms. The molecule has 1 saturated carbocycles. The van der Waals surface area contributed by atoms with Gasteiger partial charge >= 0.3 is 0 Å². The van der Waals surface area contributed by atoms with Gasteiger partial charge in [0, 0.05) is 11.8 Å². The van der Waals surface area contributed by atoms with Crippen molar-refractivity contribution in [1.29, 1.82) is 0 Å². The maximum Gasteiger partial charge on any atom is 0.237 e. The summed E-state index contributed by atoms with van der Waals surface area (Å²) >= 11 is 8.29. The fraction of sp³-hybridized carbons (Fsp3) is 0.333. The van der Waals surface area contributed by atoms with Crippen LogP contribution in [0.1, 0.15) is 12.8 Å². The number of ether oxygens (including phenoxy) is 1. The quantitative estimate of drug-likeness (QED) is 0.833. The Morgan fingerprint density at radius 2 is 2.22 bits per heavy atom. The van der Waals surface area contributed by atoms with E-state index in [-0.39, 0.29) is 10.9 Å². The fourth-order valence-electron chi connectivity index (χ4n) is 1.70. The van der Waals surface area contributed by atoms with E-state index in [1.54, 1.807) is 19.2 Å². The molecule has 1 aliphatic carbocycles. The van der Waals surface area contributed by atoms with Crippen LogP contribution in [0.4, 0.5) is 5.69 Å². The predicted octanol–water partition coefficient (Wildman–Crippen LogP) is 2.46. The second-order valence-electron chi connectivity index (χ2n) is 4.25. The van der Waals surface area contributed by atoms with Crippen molar-refractivity contribution in [3.05, 3.63) is 22.7 Å². The third-order valence-corrected chi connectivity index (χ3v) is 4.11. The Morgan fingerprint density at radius 3 is 2.72 bits per heavy atom. The molecule has 1 aromatic carbocycles. The summed E-state index contributed by atoms with van der Waals surface area (Å²) in [6.07, 6.45) is 1.45. The molecule has 96 valence electrons. The lowest BCUT2D eigenvalue weighted by Gasteiger charge is -2.14. The molecule has 0 heterocycles. The molecular weight excluding hydrogens is 316 g/mol. The van der Waals surface area contributed by atoms with E-state index in [1.165, 1.54) is 0 Å². The molecule has 1 fully saturated rings. The lowest BCUT2D eigenvalue weighted by atomic mass is 10.1. The Morgan fingerprint density at radius 1 is 1.56 bits per heavy atom. The highest BCUT2D eigenvalue weighted by Crippen LogP contribution is 2.47. The highest BCUT2D eigenvalue weighted by molar-refractivity contribution is 9.10. The molecule has 18 heavy (non-hydrogen) atoms. The van der Waals surface area contributed by atoms with Gasteiger partial charge in [-0.2, -0.15) is 0 Å². The van der Waals surface area contributed by atoms with Crippen LogP contribution in [0.5, 0.6) is 5.75 Å². The molecule has 0 aromatic heterocycles. The minimum atomic E-state index is -0.643. The van der Waals surface area contributed by atoms with Crippen LogP contribution in [0.25, 0.3) is 0 Å². The first kappa shape index (κ1) is 13.3. The Kier molecular flexibility index (Phi) is 3.59. The number of carbonyl (C=O) groups excluding carboxylic acids is 1. The zero-order chi connectivity index (χ0) is 13.3. The van der Waals surface area contributed by atoms with Crippen molar-refractivity contribution in [1.82, 2.24) is 0 Å². The van der Waals surface area contributed by atoms with Crippen molar-refractivity contribution >= 4 is 44.7 Å². The summed E-state index contributed by atoms with van der Waals surface area (Å²) in [6, 6.07) is 5.35. The van der Waals surface area contributed by atoms with Gasteiger partial charge in [0.05, 0.1) is 22.0 Å². The van der Waals surface area contributed by atoms with Gasteiger partial charge in [-0.05, 0) is 40.9 Å². The highest BCUT2D eigenvalue weighted by atomic mass is 79.9. The molecule has 0 saturated heterocycles. The number of methoxy groups -OCH3 is 1. The van der Waals surface area contributed by atoms with E-state index < -0.39 is 5.41 Å². The Labute approximate surface area is 119 Å². The topological polar surface area (TPSA) is 64.3 Å². The molecule has 0 radical (unpaired) electrons. The van der Waals surface area contributed by atoms with Crippen molar-refractivity contribution in [2.45, 2.75) is 12.8 Å². The SMILES string of the molecule is COc1cc(NC(=O)C2(C(N)=S)CC2)ccc1Br. The molecule has 4 nitrogen and oxygen atoms in total. The van der Waals surface area contributed by atoms with Gasteiger partial charge in [-0.1, -0.05) is 12.2 Å². The van der Waals surface area contributed by atoms with Crippen LogP contribution in [-0.4, -0.2) is 18.0 Å². The number of halogens is 1. The number of benzene rings is 1. The number of nitrogens with one attached hydrogen (secondary N) is 1. The molecule has 0 unspecified atom stereocenters. The summed E-state index contributed by atoms with van der Waals surface area (Å²) in [5.41, 5.74) is 5.63. The summed E-state index contributed by atoms with van der Waals surface area (Å²) < 4.78 is 6.00. The van der Waals surface area contributed by atoms with Gasteiger partial charge in [-0.3, -0.25) is 4.79 Å². The van der Waals surface area contributed by atoms with E-state index in [4.69, 9.17) is 22.7 Å². The Balaban J connectivity index is 2.15. The molecule has 0 aliphatic heterocycles. The summed E-state index contributed by atoms with van der Waals surface area (Å²) in [6.45, 7) is 0. The highest BCUT2D eigenvalue weighted by Gasteiger charge is 2.52. The smallest absolute Gasteiger partial charge is 0.237 e. The Bertz CT molecular complexity index is 515. The molecular formula is C12H13BrN2O2S. The Hall–Kier alpha value is -1.14. The van der Waals surface area contributed by atoms with Gasteiger partial charge < -0.3 is 15.8 Å². The van der Waals surface area contributed by atoms with E-state index in [0.29, 0.717) is 11.4 Å². The third-order valence-electron chi connectivity index (χ3n) is 3.07. The molecule has 0 atom stereocenters. The van der Waals surface area contributed by atoms with E-state index in [9.17, 15) is 4.79 Å². The maximum absolute atomic E-state index is 12.1. The van der Waals surface area contributed by atoms with E-state index >= 15 is 0 Å². The number of hydrogen-bond donors (Lipinski definition) is 2. The van der Waals surface area contributed by atoms with Crippen LogP contribution < -0.4 is 15.8 Å². The van der Waals surface area contributed by atoms with Gasteiger partial charge in [-0.15, -0.1) is 0 Å². The van der Waals surface area contributed by atoms with Crippen LogP contribution in [0.3, 0.4) is 0 Å². The molecule has 1 amide bonds. The van der Waals surface area contributed by atoms with Gasteiger partial charge in [0.2, 0.25) is 5.91 Å². The van der Waals surface area contributed by atoms with Crippen LogP contribution in [0.2, 0.25) is 0 Å². The number of carbonyl (C=O) groups is 1. The third kappa shape index (κ3) is 2.35. The van der Waals surface area contributed by atoms with Gasteiger partial charge in [0.15, 0.2) is 0 Å². The summed E-state index contributed by atoms with van der Waals surface area (Å²) in [4.78, 5) is 12.4. The average molecular weight is 329 g/mol. The summed E-state index contributed by atoms with van der Waals surface area (Å²) in [5.74, 6) is 0.521. The van der Waals surface area contributed by atoms with Crippen molar-refractivity contribution in [2.24, 2.45) is 11.1 Å². The molecule has 1 aromatic rings. The number of thiocarbonyl (C=S) groups is 1. The van der Waals surface area contributed by atoms with Gasteiger partial charge in [0.1, 0.15) is 5.75 Å². The van der Waals surface area contributed by atoms with Crippen LogP contribution in [0.15, 0.2) is 22.7 Å². The summed E-state index contributed by atoms with van der Waals surface area (Å²) in [7, 11) is 1.57. The molecule has 2 rings (SSSR count). The number of anilines is 1. The van der Waals surface area contributed by atoms with E-state index in [1.807, 2.05) is 6.07 Å². The minimum Gasteiger partial charge on any atom is -0.495 e. The molecule has 0 spiro atoms. The predicted molar refractivity (Wildman–Crippen MR) is 77.8 cm³/mol. The lowest BCUT2D eigenvalue weighted by molar-refractivity contribution is -0.118. The first-order chi connectivity index (χ1) is 8.49. The number of rotatable bonds is 4. The standard InChI is InChI=1S/C12H13BrN2O2S/c1-17-9-6-7(2-3-8(9)13)15-11(16)12(4-5-12)10(14)18/h2-3,6H,4-5H2,1H3,(H2,14,18)(H,15,16). The normalized spacial score (nSPS) is 15.9. The van der Waals surface area contributed by atoms with Crippen molar-refractivity contribution < 1.29 is 9.53 Å². The number of amides is 1. The van der Waals surface area contributed by atoms with Crippen molar-refractivity contribution in [3.63, 3.8) is 0 Å². The van der Waals surface area contributed by atoms with Gasteiger partial charge in [-0.25, -0.2) is 0 Å². The van der Waals surface area contributed by atoms with Gasteiger partial charge in [0.25, 0.3) is 0 Å². The van der Waals surface area contributed by atoms with Crippen molar-refractivity contribution in [3.8, 4) is 5.75 Å². The van der Waals surface area contributed by atoms with E-state index in [0.717, 1.165) is 17.3 Å². The second kappa shape index (κ2) is 4.85. The first-order valence-corrected chi connectivity index (χ1v) is 6.64. The fourth-order valence-corrected chi connectivity index (χ4v) is 2.40. The van der Waals surface area contributed by atoms with Crippen LogP contribution in [0, 0.1) is 5.41 Å². The van der Waals surface area contributed by atoms with E-state index in [2.05, 4.69) is 21.2 Å².